The predicted molar refractivity (Wildman–Crippen MR) is 99.8 cm³/mol. The Morgan fingerprint density at radius 2 is 1.67 bits per heavy atom. The normalized spacial score (nSPS) is 10.4. The van der Waals surface area contributed by atoms with Crippen LogP contribution in [0.4, 0.5) is 5.69 Å². The molecule has 0 aliphatic heterocycles. The highest BCUT2D eigenvalue weighted by Gasteiger charge is 2.12. The smallest absolute Gasteiger partial charge is 0.255 e. The first kappa shape index (κ1) is 16.3. The first-order chi connectivity index (χ1) is 11.6. The molecule has 0 bridgehead atoms. The van der Waals surface area contributed by atoms with Crippen LogP contribution >= 0.6 is 11.6 Å². The Morgan fingerprint density at radius 1 is 0.958 bits per heavy atom. The van der Waals surface area contributed by atoms with Crippen molar-refractivity contribution in [2.45, 2.75) is 13.3 Å². The number of benzene rings is 3. The molecule has 0 spiro atoms. The zero-order chi connectivity index (χ0) is 16.9. The van der Waals surface area contributed by atoms with Gasteiger partial charge in [0, 0.05) is 16.3 Å². The van der Waals surface area contributed by atoms with Crippen molar-refractivity contribution in [1.29, 1.82) is 0 Å². The Bertz CT molecular complexity index is 859. The molecule has 3 heteroatoms. The summed E-state index contributed by atoms with van der Waals surface area (Å²) in [6, 6.07) is 23.3. The predicted octanol–water partition coefficient (Wildman–Crippen LogP) is 5.49. The Balaban J connectivity index is 1.83. The second-order valence-electron chi connectivity index (χ2n) is 5.74. The van der Waals surface area contributed by atoms with Gasteiger partial charge in [0.15, 0.2) is 0 Å². The summed E-state index contributed by atoms with van der Waals surface area (Å²) < 4.78 is 0. The van der Waals surface area contributed by atoms with E-state index < -0.39 is 0 Å². The summed E-state index contributed by atoms with van der Waals surface area (Å²) in [6.45, 7) is 1.93. The van der Waals surface area contributed by atoms with Gasteiger partial charge < -0.3 is 5.32 Å². The number of hydrogen-bond donors (Lipinski definition) is 1. The van der Waals surface area contributed by atoms with E-state index in [-0.39, 0.29) is 5.91 Å². The largest absolute Gasteiger partial charge is 0.322 e. The third-order valence-electron chi connectivity index (χ3n) is 3.93. The van der Waals surface area contributed by atoms with Gasteiger partial charge in [0.1, 0.15) is 0 Å². The summed E-state index contributed by atoms with van der Waals surface area (Å²) in [5, 5.41) is 3.57. The van der Waals surface area contributed by atoms with Gasteiger partial charge >= 0.3 is 0 Å². The van der Waals surface area contributed by atoms with Crippen molar-refractivity contribution in [3.8, 4) is 0 Å². The van der Waals surface area contributed by atoms with Gasteiger partial charge in [-0.3, -0.25) is 4.79 Å². The van der Waals surface area contributed by atoms with Gasteiger partial charge in [0.05, 0.1) is 0 Å². The molecule has 3 aromatic carbocycles. The van der Waals surface area contributed by atoms with Crippen molar-refractivity contribution in [3.63, 3.8) is 0 Å². The van der Waals surface area contributed by atoms with Gasteiger partial charge in [0.25, 0.3) is 5.91 Å². The quantitative estimate of drug-likeness (QED) is 0.671. The van der Waals surface area contributed by atoms with E-state index >= 15 is 0 Å². The fraction of sp³-hybridized carbons (Fsp3) is 0.0952. The van der Waals surface area contributed by atoms with Gasteiger partial charge in [-0.2, -0.15) is 0 Å². The van der Waals surface area contributed by atoms with Gasteiger partial charge in [-0.25, -0.2) is 0 Å². The number of rotatable bonds is 4. The van der Waals surface area contributed by atoms with E-state index in [4.69, 9.17) is 11.6 Å². The van der Waals surface area contributed by atoms with Crippen LogP contribution in [0.1, 0.15) is 27.0 Å². The lowest BCUT2D eigenvalue weighted by Crippen LogP contribution is -2.14. The number of hydrogen-bond acceptors (Lipinski definition) is 1. The Morgan fingerprint density at radius 3 is 2.42 bits per heavy atom. The van der Waals surface area contributed by atoms with Crippen molar-refractivity contribution in [2.75, 3.05) is 5.32 Å². The summed E-state index contributed by atoms with van der Waals surface area (Å²) >= 11 is 6.13. The van der Waals surface area contributed by atoms with E-state index in [0.29, 0.717) is 16.3 Å². The van der Waals surface area contributed by atoms with Crippen molar-refractivity contribution in [3.05, 3.63) is 100 Å². The molecule has 0 saturated heterocycles. The average molecular weight is 336 g/mol. The molecule has 3 rings (SSSR count). The molecule has 0 heterocycles. The van der Waals surface area contributed by atoms with Crippen LogP contribution in [0.25, 0.3) is 0 Å². The summed E-state index contributed by atoms with van der Waals surface area (Å²) in [7, 11) is 0. The maximum atomic E-state index is 12.7. The number of carbonyl (C=O) groups excluding carboxylic acids is 1. The second-order valence-corrected chi connectivity index (χ2v) is 6.14. The van der Waals surface area contributed by atoms with E-state index in [1.54, 1.807) is 6.07 Å². The van der Waals surface area contributed by atoms with E-state index in [2.05, 4.69) is 17.4 Å². The lowest BCUT2D eigenvalue weighted by molar-refractivity contribution is 0.102. The van der Waals surface area contributed by atoms with Crippen LogP contribution < -0.4 is 5.32 Å². The molecule has 0 unspecified atom stereocenters. The SMILES string of the molecule is Cc1ccc(NC(=O)c2ccccc2Cc2ccccc2)cc1Cl. The lowest BCUT2D eigenvalue weighted by atomic mass is 9.99. The Hall–Kier alpha value is -2.58. The summed E-state index contributed by atoms with van der Waals surface area (Å²) in [4.78, 5) is 12.7. The molecule has 0 radical (unpaired) electrons. The van der Waals surface area contributed by atoms with Gasteiger partial charge in [-0.1, -0.05) is 66.2 Å². The maximum absolute atomic E-state index is 12.7. The van der Waals surface area contributed by atoms with E-state index in [1.807, 2.05) is 61.5 Å². The molecule has 1 N–H and O–H groups in total. The molecule has 1 amide bonds. The molecule has 3 aromatic rings. The van der Waals surface area contributed by atoms with Crippen LogP contribution in [0.2, 0.25) is 5.02 Å². The van der Waals surface area contributed by atoms with Crippen LogP contribution in [0.5, 0.6) is 0 Å². The summed E-state index contributed by atoms with van der Waals surface area (Å²) in [5.74, 6) is -0.124. The number of amides is 1. The molecule has 120 valence electrons. The highest BCUT2D eigenvalue weighted by Crippen LogP contribution is 2.21. The number of halogens is 1. The molecule has 0 fully saturated rings. The monoisotopic (exact) mass is 335 g/mol. The fourth-order valence-corrected chi connectivity index (χ4v) is 2.76. The van der Waals surface area contributed by atoms with Gasteiger partial charge in [0.2, 0.25) is 0 Å². The van der Waals surface area contributed by atoms with Crippen molar-refractivity contribution < 1.29 is 4.79 Å². The van der Waals surface area contributed by atoms with Gasteiger partial charge in [-0.05, 0) is 48.2 Å². The zero-order valence-electron chi connectivity index (χ0n) is 13.4. The summed E-state index contributed by atoms with van der Waals surface area (Å²) in [6.07, 6.45) is 0.721. The molecule has 0 aromatic heterocycles. The van der Waals surface area contributed by atoms with Crippen molar-refractivity contribution in [1.82, 2.24) is 0 Å². The zero-order valence-corrected chi connectivity index (χ0v) is 14.2. The number of anilines is 1. The Kier molecular flexibility index (Phi) is 4.97. The standard InChI is InChI=1S/C21H18ClNO/c1-15-11-12-18(14-20(15)22)23-21(24)19-10-6-5-9-17(19)13-16-7-3-2-4-8-16/h2-12,14H,13H2,1H3,(H,23,24). The molecule has 0 aliphatic carbocycles. The maximum Gasteiger partial charge on any atom is 0.255 e. The molecular weight excluding hydrogens is 318 g/mol. The minimum Gasteiger partial charge on any atom is -0.322 e. The fourth-order valence-electron chi connectivity index (χ4n) is 2.58. The molecule has 24 heavy (non-hydrogen) atoms. The highest BCUT2D eigenvalue weighted by molar-refractivity contribution is 6.31. The van der Waals surface area contributed by atoms with Crippen LogP contribution in [0.3, 0.4) is 0 Å². The number of carbonyl (C=O) groups is 1. The Labute approximate surface area is 147 Å². The molecule has 0 atom stereocenters. The van der Waals surface area contributed by atoms with E-state index in [1.165, 1.54) is 5.56 Å². The third-order valence-corrected chi connectivity index (χ3v) is 4.34. The van der Waals surface area contributed by atoms with Crippen LogP contribution in [0.15, 0.2) is 72.8 Å². The first-order valence-corrected chi connectivity index (χ1v) is 8.20. The first-order valence-electron chi connectivity index (χ1n) is 7.83. The highest BCUT2D eigenvalue weighted by atomic mass is 35.5. The van der Waals surface area contributed by atoms with E-state index in [9.17, 15) is 4.79 Å². The number of nitrogens with one attached hydrogen (secondary N) is 1. The minimum atomic E-state index is -0.124. The van der Waals surface area contributed by atoms with Crippen molar-refractivity contribution >= 4 is 23.2 Å². The van der Waals surface area contributed by atoms with E-state index in [0.717, 1.165) is 17.5 Å². The van der Waals surface area contributed by atoms with Gasteiger partial charge in [-0.15, -0.1) is 0 Å². The second kappa shape index (κ2) is 7.33. The van der Waals surface area contributed by atoms with Crippen LogP contribution in [-0.2, 0) is 6.42 Å². The minimum absolute atomic E-state index is 0.124. The van der Waals surface area contributed by atoms with Crippen LogP contribution in [0, 0.1) is 6.92 Å². The molecule has 2 nitrogen and oxygen atoms in total. The molecular formula is C21H18ClNO. The summed E-state index contributed by atoms with van der Waals surface area (Å²) in [5.41, 5.74) is 4.54. The topological polar surface area (TPSA) is 29.1 Å². The lowest BCUT2D eigenvalue weighted by Gasteiger charge is -2.11. The van der Waals surface area contributed by atoms with Crippen molar-refractivity contribution in [2.24, 2.45) is 0 Å². The number of aryl methyl sites for hydroxylation is 1. The third kappa shape index (κ3) is 3.84. The molecule has 0 aliphatic rings. The van der Waals surface area contributed by atoms with Crippen LogP contribution in [-0.4, -0.2) is 5.91 Å². The molecule has 0 saturated carbocycles. The average Bonchev–Trinajstić information content (AvgIpc) is 2.59.